The highest BCUT2D eigenvalue weighted by molar-refractivity contribution is 6.06. The third-order valence-corrected chi connectivity index (χ3v) is 5.77. The molecule has 0 bridgehead atoms. The van der Waals surface area contributed by atoms with Crippen LogP contribution in [0.3, 0.4) is 0 Å². The smallest absolute Gasteiger partial charge is 0.416 e. The van der Waals surface area contributed by atoms with Crippen molar-refractivity contribution in [2.45, 2.75) is 13.1 Å². The number of amides is 1. The second-order valence-electron chi connectivity index (χ2n) is 8.45. The number of nitrogens with zero attached hydrogens (tertiary/aromatic N) is 1. The Hall–Kier alpha value is -4.34. The van der Waals surface area contributed by atoms with E-state index in [0.717, 1.165) is 24.3 Å². The Morgan fingerprint density at radius 3 is 2.46 bits per heavy atom. The molecule has 4 rings (SSSR count). The minimum Gasteiger partial charge on any atom is -0.456 e. The average Bonchev–Trinajstić information content (AvgIpc) is 2.83. The van der Waals surface area contributed by atoms with Crippen LogP contribution < -0.4 is 15.8 Å². The highest BCUT2D eigenvalue weighted by Gasteiger charge is 2.32. The monoisotopic (exact) mass is 515 g/mol. The number of rotatable bonds is 5. The first-order valence-corrected chi connectivity index (χ1v) is 11.1. The molecule has 0 spiro atoms. The van der Waals surface area contributed by atoms with E-state index in [9.17, 15) is 26.7 Å². The van der Waals surface area contributed by atoms with Gasteiger partial charge >= 0.3 is 6.18 Å². The number of allylic oxidation sites excluding steroid dienone is 2. The zero-order chi connectivity index (χ0) is 26.9. The van der Waals surface area contributed by atoms with Gasteiger partial charge in [-0.25, -0.2) is 8.78 Å². The molecule has 0 fully saturated rings. The van der Waals surface area contributed by atoms with Gasteiger partial charge in [-0.2, -0.15) is 13.2 Å². The van der Waals surface area contributed by atoms with Crippen molar-refractivity contribution in [3.05, 3.63) is 106 Å². The number of aryl methyl sites for hydroxylation is 1. The third kappa shape index (κ3) is 5.58. The number of alkyl halides is 3. The van der Waals surface area contributed by atoms with Gasteiger partial charge in [0.2, 0.25) is 0 Å². The molecule has 3 N–H and O–H groups in total. The number of benzene rings is 3. The quantitative estimate of drug-likeness (QED) is 0.383. The van der Waals surface area contributed by atoms with E-state index >= 15 is 0 Å². The van der Waals surface area contributed by atoms with Crippen LogP contribution in [0.5, 0.6) is 11.5 Å². The van der Waals surface area contributed by atoms with Gasteiger partial charge in [-0.15, -0.1) is 0 Å². The lowest BCUT2D eigenvalue weighted by atomic mass is 10.0. The lowest BCUT2D eigenvalue weighted by Crippen LogP contribution is -2.27. The highest BCUT2D eigenvalue weighted by Crippen LogP contribution is 2.36. The SMILES string of the molecule is Cc1cc(F)ccc1Oc1ccc(C(F)(F)F)cc1C(=O)Nc1ccc(F)c(C2=C(N)N(C)CC=C2)c1. The molecule has 0 atom stereocenters. The van der Waals surface area contributed by atoms with E-state index in [0.29, 0.717) is 29.6 Å². The fourth-order valence-corrected chi connectivity index (χ4v) is 3.77. The van der Waals surface area contributed by atoms with Gasteiger partial charge in [-0.05, 0) is 67.1 Å². The summed E-state index contributed by atoms with van der Waals surface area (Å²) in [4.78, 5) is 14.9. The molecule has 0 radical (unpaired) electrons. The average molecular weight is 515 g/mol. The van der Waals surface area contributed by atoms with Crippen LogP contribution in [0.25, 0.3) is 5.57 Å². The summed E-state index contributed by atoms with van der Waals surface area (Å²) >= 11 is 0. The minimum absolute atomic E-state index is 0.112. The van der Waals surface area contributed by atoms with E-state index in [4.69, 9.17) is 10.5 Å². The van der Waals surface area contributed by atoms with E-state index in [1.807, 2.05) is 0 Å². The summed E-state index contributed by atoms with van der Waals surface area (Å²) in [6, 6.07) is 9.84. The molecule has 0 saturated heterocycles. The van der Waals surface area contributed by atoms with Crippen LogP contribution in [0.4, 0.5) is 27.6 Å². The molecule has 1 heterocycles. The molecule has 3 aromatic rings. The van der Waals surface area contributed by atoms with Gasteiger partial charge in [0.1, 0.15) is 29.0 Å². The minimum atomic E-state index is -4.72. The first-order chi connectivity index (χ1) is 17.4. The number of nitrogens with two attached hydrogens (primary N) is 1. The summed E-state index contributed by atoms with van der Waals surface area (Å²) in [5, 5.41) is 2.51. The van der Waals surface area contributed by atoms with E-state index < -0.39 is 34.8 Å². The molecular formula is C27H22F5N3O2. The number of carbonyl (C=O) groups excluding carboxylic acids is 1. The van der Waals surface area contributed by atoms with Crippen LogP contribution in [0.15, 0.2) is 72.6 Å². The Kier molecular flexibility index (Phi) is 6.93. The third-order valence-electron chi connectivity index (χ3n) is 5.77. The van der Waals surface area contributed by atoms with Crippen LogP contribution in [-0.2, 0) is 6.18 Å². The van der Waals surface area contributed by atoms with Gasteiger partial charge in [0, 0.05) is 30.4 Å². The van der Waals surface area contributed by atoms with Gasteiger partial charge in [-0.3, -0.25) is 4.79 Å². The molecule has 0 aliphatic carbocycles. The topological polar surface area (TPSA) is 67.6 Å². The van der Waals surface area contributed by atoms with Gasteiger partial charge in [0.05, 0.1) is 11.1 Å². The summed E-state index contributed by atoms with van der Waals surface area (Å²) in [5.41, 5.74) is 5.64. The molecule has 0 aromatic heterocycles. The van der Waals surface area contributed by atoms with Crippen LogP contribution in [0.2, 0.25) is 0 Å². The fraction of sp³-hybridized carbons (Fsp3) is 0.148. The Morgan fingerprint density at radius 1 is 1.03 bits per heavy atom. The first kappa shape index (κ1) is 25.7. The Labute approximate surface area is 209 Å². The standard InChI is InChI=1S/C27H22F5N3O2/c1-15-12-17(28)6-10-23(15)37-24-9-5-16(27(30,31)32)13-21(24)26(36)34-18-7-8-22(29)20(14-18)19-4-3-11-35(2)25(19)33/h3-10,12-14H,11,33H2,1-2H3,(H,34,36). The summed E-state index contributed by atoms with van der Waals surface area (Å²) in [5.74, 6) is -1.71. The van der Waals surface area contributed by atoms with Crippen molar-refractivity contribution in [1.29, 1.82) is 0 Å². The maximum atomic E-state index is 14.6. The number of likely N-dealkylation sites (N-methyl/N-ethyl adjacent to an activating group) is 1. The second kappa shape index (κ2) is 9.96. The number of halogens is 5. The van der Waals surface area contributed by atoms with Crippen molar-refractivity contribution in [3.8, 4) is 11.5 Å². The zero-order valence-corrected chi connectivity index (χ0v) is 19.8. The molecule has 1 amide bonds. The number of hydrogen-bond donors (Lipinski definition) is 2. The Morgan fingerprint density at radius 2 is 1.76 bits per heavy atom. The second-order valence-corrected chi connectivity index (χ2v) is 8.45. The van der Waals surface area contributed by atoms with Crippen LogP contribution >= 0.6 is 0 Å². The summed E-state index contributed by atoms with van der Waals surface area (Å²) in [6.45, 7) is 2.10. The maximum Gasteiger partial charge on any atom is 0.416 e. The molecule has 5 nitrogen and oxygen atoms in total. The van der Waals surface area contributed by atoms with Gasteiger partial charge in [0.25, 0.3) is 5.91 Å². The molecule has 37 heavy (non-hydrogen) atoms. The Bertz CT molecular complexity index is 1430. The maximum absolute atomic E-state index is 14.6. The summed E-state index contributed by atoms with van der Waals surface area (Å²) < 4.78 is 74.1. The predicted molar refractivity (Wildman–Crippen MR) is 130 cm³/mol. The molecule has 0 saturated carbocycles. The molecule has 3 aromatic carbocycles. The molecule has 0 unspecified atom stereocenters. The number of ether oxygens (including phenoxy) is 1. The van der Waals surface area contributed by atoms with Crippen molar-refractivity contribution in [2.24, 2.45) is 5.73 Å². The van der Waals surface area contributed by atoms with E-state index in [-0.39, 0.29) is 22.7 Å². The number of hydrogen-bond acceptors (Lipinski definition) is 4. The van der Waals surface area contributed by atoms with E-state index in [1.165, 1.54) is 24.3 Å². The van der Waals surface area contributed by atoms with Crippen molar-refractivity contribution in [1.82, 2.24) is 4.90 Å². The van der Waals surface area contributed by atoms with Crippen molar-refractivity contribution in [2.75, 3.05) is 18.9 Å². The highest BCUT2D eigenvalue weighted by atomic mass is 19.4. The largest absolute Gasteiger partial charge is 0.456 e. The van der Waals surface area contributed by atoms with E-state index in [2.05, 4.69) is 5.32 Å². The summed E-state index contributed by atoms with van der Waals surface area (Å²) in [6.07, 6.45) is -1.27. The molecule has 1 aliphatic rings. The molecule has 10 heteroatoms. The van der Waals surface area contributed by atoms with Gasteiger partial charge in [0.15, 0.2) is 0 Å². The van der Waals surface area contributed by atoms with Crippen molar-refractivity contribution in [3.63, 3.8) is 0 Å². The number of nitrogens with one attached hydrogen (secondary N) is 1. The molecule has 1 aliphatic heterocycles. The van der Waals surface area contributed by atoms with Crippen LogP contribution in [0, 0.1) is 18.6 Å². The molecular weight excluding hydrogens is 493 g/mol. The lowest BCUT2D eigenvalue weighted by Gasteiger charge is -2.24. The first-order valence-electron chi connectivity index (χ1n) is 11.1. The van der Waals surface area contributed by atoms with Gasteiger partial charge in [-0.1, -0.05) is 12.2 Å². The summed E-state index contributed by atoms with van der Waals surface area (Å²) in [7, 11) is 1.74. The van der Waals surface area contributed by atoms with Crippen molar-refractivity contribution < 1.29 is 31.5 Å². The van der Waals surface area contributed by atoms with Crippen LogP contribution in [-0.4, -0.2) is 24.4 Å². The Balaban J connectivity index is 1.71. The zero-order valence-electron chi connectivity index (χ0n) is 19.8. The fourth-order valence-electron chi connectivity index (χ4n) is 3.77. The van der Waals surface area contributed by atoms with Gasteiger partial charge < -0.3 is 20.7 Å². The van der Waals surface area contributed by atoms with Crippen LogP contribution in [0.1, 0.15) is 27.0 Å². The lowest BCUT2D eigenvalue weighted by molar-refractivity contribution is -0.137. The predicted octanol–water partition coefficient (Wildman–Crippen LogP) is 6.47. The van der Waals surface area contributed by atoms with E-state index in [1.54, 1.807) is 31.0 Å². The van der Waals surface area contributed by atoms with Crippen molar-refractivity contribution >= 4 is 17.2 Å². The normalized spacial score (nSPS) is 13.6. The molecule has 192 valence electrons. The number of carbonyl (C=O) groups is 1. The number of anilines is 1.